The number of non-ortho nitro benzene ring substituents is 1. The molecule has 2 N–H and O–H groups in total. The maximum Gasteiger partial charge on any atom is 0.271 e. The van der Waals surface area contributed by atoms with Gasteiger partial charge in [0.05, 0.1) is 16.3 Å². The maximum atomic E-state index is 10.9. The van der Waals surface area contributed by atoms with Gasteiger partial charge in [-0.25, -0.2) is 4.68 Å². The molecule has 2 aromatic rings. The highest BCUT2D eigenvalue weighted by Crippen LogP contribution is 2.22. The van der Waals surface area contributed by atoms with Crippen LogP contribution in [0.4, 0.5) is 5.69 Å². The molecule has 0 atom stereocenters. The minimum atomic E-state index is -0.400. The molecule has 0 amide bonds. The molecular formula is C14H18N4O2. The number of aryl methyl sites for hydroxylation is 1. The van der Waals surface area contributed by atoms with E-state index in [-0.39, 0.29) is 5.69 Å². The Hall–Kier alpha value is -2.21. The maximum absolute atomic E-state index is 10.9. The lowest BCUT2D eigenvalue weighted by atomic mass is 10.1. The highest BCUT2D eigenvalue weighted by molar-refractivity contribution is 5.45. The molecule has 0 unspecified atom stereocenters. The van der Waals surface area contributed by atoms with Gasteiger partial charge in [-0.1, -0.05) is 19.9 Å². The quantitative estimate of drug-likeness (QED) is 0.669. The topological polar surface area (TPSA) is 87.0 Å². The van der Waals surface area contributed by atoms with E-state index < -0.39 is 4.92 Å². The summed E-state index contributed by atoms with van der Waals surface area (Å²) >= 11 is 0. The second-order valence-corrected chi connectivity index (χ2v) is 4.47. The molecule has 0 spiro atoms. The molecule has 0 aliphatic heterocycles. The molecule has 0 saturated heterocycles. The second kappa shape index (κ2) is 5.83. The molecular weight excluding hydrogens is 256 g/mol. The van der Waals surface area contributed by atoms with E-state index >= 15 is 0 Å². The summed E-state index contributed by atoms with van der Waals surface area (Å²) in [6.07, 6.45) is 1.57. The van der Waals surface area contributed by atoms with E-state index in [1.165, 1.54) is 12.1 Å². The van der Waals surface area contributed by atoms with E-state index in [4.69, 9.17) is 5.73 Å². The Morgan fingerprint density at radius 2 is 2.10 bits per heavy atom. The Morgan fingerprint density at radius 1 is 1.35 bits per heavy atom. The smallest absolute Gasteiger partial charge is 0.271 e. The number of nitro benzene ring substituents is 1. The summed E-state index contributed by atoms with van der Waals surface area (Å²) in [5.41, 5.74) is 9.59. The van der Waals surface area contributed by atoms with Crippen molar-refractivity contribution in [2.24, 2.45) is 5.73 Å². The SMILES string of the molecule is CCc1nn(-c2cccc([N+](=O)[O-])c2)c(CC)c1CN. The highest BCUT2D eigenvalue weighted by Gasteiger charge is 2.16. The van der Waals surface area contributed by atoms with Crippen LogP contribution in [0.15, 0.2) is 24.3 Å². The van der Waals surface area contributed by atoms with Crippen molar-refractivity contribution in [3.63, 3.8) is 0 Å². The van der Waals surface area contributed by atoms with Crippen LogP contribution in [0.2, 0.25) is 0 Å². The van der Waals surface area contributed by atoms with Gasteiger partial charge in [-0.3, -0.25) is 10.1 Å². The first-order valence-corrected chi connectivity index (χ1v) is 6.66. The Morgan fingerprint density at radius 3 is 2.65 bits per heavy atom. The lowest BCUT2D eigenvalue weighted by Gasteiger charge is -2.07. The average molecular weight is 274 g/mol. The first-order valence-electron chi connectivity index (χ1n) is 6.66. The van der Waals surface area contributed by atoms with E-state index in [1.54, 1.807) is 10.7 Å². The Bertz CT molecular complexity index is 634. The molecule has 0 fully saturated rings. The van der Waals surface area contributed by atoms with Gasteiger partial charge >= 0.3 is 0 Å². The zero-order valence-corrected chi connectivity index (χ0v) is 11.7. The van der Waals surface area contributed by atoms with Gasteiger partial charge < -0.3 is 5.73 Å². The molecule has 1 aromatic carbocycles. The Kier molecular flexibility index (Phi) is 4.14. The summed E-state index contributed by atoms with van der Waals surface area (Å²) in [5, 5.41) is 15.4. The highest BCUT2D eigenvalue weighted by atomic mass is 16.6. The Balaban J connectivity index is 2.60. The number of aromatic nitrogens is 2. The molecule has 20 heavy (non-hydrogen) atoms. The molecule has 0 aliphatic rings. The van der Waals surface area contributed by atoms with Crippen molar-refractivity contribution in [1.29, 1.82) is 0 Å². The lowest BCUT2D eigenvalue weighted by Crippen LogP contribution is -2.05. The van der Waals surface area contributed by atoms with Crippen LogP contribution < -0.4 is 5.73 Å². The van der Waals surface area contributed by atoms with Crippen LogP contribution >= 0.6 is 0 Å². The normalized spacial score (nSPS) is 10.8. The molecule has 106 valence electrons. The predicted octanol–water partition coefficient (Wildman–Crippen LogP) is 2.36. The number of nitrogens with zero attached hydrogens (tertiary/aromatic N) is 3. The van der Waals surface area contributed by atoms with Crippen LogP contribution in [0.5, 0.6) is 0 Å². The standard InChI is InChI=1S/C14H18N4O2/c1-3-13-12(9-15)14(4-2)17(16-13)10-6-5-7-11(8-10)18(19)20/h5-8H,3-4,9,15H2,1-2H3. The van der Waals surface area contributed by atoms with Crippen molar-refractivity contribution in [2.45, 2.75) is 33.2 Å². The number of nitro groups is 1. The number of nitrogens with two attached hydrogens (primary N) is 1. The fourth-order valence-corrected chi connectivity index (χ4v) is 2.37. The summed E-state index contributed by atoms with van der Waals surface area (Å²) in [7, 11) is 0. The number of hydrogen-bond acceptors (Lipinski definition) is 4. The Labute approximate surface area is 117 Å². The first-order chi connectivity index (χ1) is 9.62. The number of benzene rings is 1. The van der Waals surface area contributed by atoms with Crippen LogP contribution in [0.25, 0.3) is 5.69 Å². The summed E-state index contributed by atoms with van der Waals surface area (Å²) in [6, 6.07) is 6.50. The summed E-state index contributed by atoms with van der Waals surface area (Å²) in [5.74, 6) is 0. The van der Waals surface area contributed by atoms with Gasteiger partial charge in [0, 0.05) is 29.9 Å². The molecule has 0 bridgehead atoms. The van der Waals surface area contributed by atoms with Crippen LogP contribution in [0.3, 0.4) is 0 Å². The zero-order valence-electron chi connectivity index (χ0n) is 11.7. The van der Waals surface area contributed by atoms with Gasteiger partial charge in [0.25, 0.3) is 5.69 Å². The van der Waals surface area contributed by atoms with E-state index in [1.807, 2.05) is 19.9 Å². The van der Waals surface area contributed by atoms with Gasteiger partial charge in [-0.15, -0.1) is 0 Å². The lowest BCUT2D eigenvalue weighted by molar-refractivity contribution is -0.384. The molecule has 0 saturated carbocycles. The van der Waals surface area contributed by atoms with Crippen molar-refractivity contribution in [3.8, 4) is 5.69 Å². The molecule has 2 rings (SSSR count). The van der Waals surface area contributed by atoms with Gasteiger partial charge in [-0.05, 0) is 18.9 Å². The van der Waals surface area contributed by atoms with Gasteiger partial charge in [0.2, 0.25) is 0 Å². The van der Waals surface area contributed by atoms with Crippen molar-refractivity contribution in [3.05, 3.63) is 51.3 Å². The third-order valence-electron chi connectivity index (χ3n) is 3.33. The van der Waals surface area contributed by atoms with Gasteiger partial charge in [0.1, 0.15) is 0 Å². The third-order valence-corrected chi connectivity index (χ3v) is 3.33. The largest absolute Gasteiger partial charge is 0.326 e. The number of hydrogen-bond donors (Lipinski definition) is 1. The van der Waals surface area contributed by atoms with Crippen LogP contribution in [-0.4, -0.2) is 14.7 Å². The zero-order chi connectivity index (χ0) is 14.7. The van der Waals surface area contributed by atoms with Crippen LogP contribution in [0, 0.1) is 10.1 Å². The summed E-state index contributed by atoms with van der Waals surface area (Å²) in [4.78, 5) is 10.5. The summed E-state index contributed by atoms with van der Waals surface area (Å²) < 4.78 is 1.77. The average Bonchev–Trinajstić information content (AvgIpc) is 2.84. The van der Waals surface area contributed by atoms with Crippen LogP contribution in [0.1, 0.15) is 30.8 Å². The fourth-order valence-electron chi connectivity index (χ4n) is 2.37. The van der Waals surface area contributed by atoms with Crippen molar-refractivity contribution >= 4 is 5.69 Å². The minimum absolute atomic E-state index is 0.0624. The number of rotatable bonds is 5. The molecule has 0 radical (unpaired) electrons. The van der Waals surface area contributed by atoms with E-state index in [0.717, 1.165) is 29.8 Å². The van der Waals surface area contributed by atoms with E-state index in [9.17, 15) is 10.1 Å². The minimum Gasteiger partial charge on any atom is -0.326 e. The molecule has 1 aromatic heterocycles. The van der Waals surface area contributed by atoms with Gasteiger partial charge in [-0.2, -0.15) is 5.10 Å². The second-order valence-electron chi connectivity index (χ2n) is 4.47. The van der Waals surface area contributed by atoms with Crippen molar-refractivity contribution in [1.82, 2.24) is 9.78 Å². The molecule has 1 heterocycles. The monoisotopic (exact) mass is 274 g/mol. The van der Waals surface area contributed by atoms with Crippen molar-refractivity contribution in [2.75, 3.05) is 0 Å². The molecule has 6 heteroatoms. The van der Waals surface area contributed by atoms with Crippen molar-refractivity contribution < 1.29 is 4.92 Å². The van der Waals surface area contributed by atoms with E-state index in [0.29, 0.717) is 12.2 Å². The van der Waals surface area contributed by atoms with E-state index in [2.05, 4.69) is 5.10 Å². The molecule has 6 nitrogen and oxygen atoms in total. The first kappa shape index (κ1) is 14.2. The van der Waals surface area contributed by atoms with Crippen LogP contribution in [-0.2, 0) is 19.4 Å². The summed E-state index contributed by atoms with van der Waals surface area (Å²) in [6.45, 7) is 4.49. The third kappa shape index (κ3) is 2.42. The fraction of sp³-hybridized carbons (Fsp3) is 0.357. The van der Waals surface area contributed by atoms with Gasteiger partial charge in [0.15, 0.2) is 0 Å². The molecule has 0 aliphatic carbocycles. The predicted molar refractivity (Wildman–Crippen MR) is 76.9 cm³/mol.